The molecule has 1 saturated heterocycles. The SMILES string of the molecule is CN(C)C(=O)c1sc(N2CCSCC2)c(C2CC2)c1N. The van der Waals surface area contributed by atoms with Crippen LogP contribution in [0.25, 0.3) is 0 Å². The van der Waals surface area contributed by atoms with E-state index in [9.17, 15) is 4.79 Å². The van der Waals surface area contributed by atoms with Crippen LogP contribution in [0.5, 0.6) is 0 Å². The highest BCUT2D eigenvalue weighted by Crippen LogP contribution is 2.52. The summed E-state index contributed by atoms with van der Waals surface area (Å²) in [5.41, 5.74) is 8.32. The van der Waals surface area contributed by atoms with Gasteiger partial charge in [-0.2, -0.15) is 11.8 Å². The number of thioether (sulfide) groups is 1. The van der Waals surface area contributed by atoms with Gasteiger partial charge in [0.25, 0.3) is 5.91 Å². The third-order valence-electron chi connectivity index (χ3n) is 3.85. The van der Waals surface area contributed by atoms with Crippen molar-refractivity contribution in [3.8, 4) is 0 Å². The Kier molecular flexibility index (Phi) is 3.86. The van der Waals surface area contributed by atoms with Crippen LogP contribution in [0, 0.1) is 0 Å². The number of nitrogen functional groups attached to an aromatic ring is 1. The number of carbonyl (C=O) groups is 1. The zero-order valence-corrected chi connectivity index (χ0v) is 13.6. The van der Waals surface area contributed by atoms with Gasteiger partial charge in [0.2, 0.25) is 0 Å². The van der Waals surface area contributed by atoms with E-state index in [0.717, 1.165) is 23.7 Å². The molecule has 1 aliphatic heterocycles. The average molecular weight is 311 g/mol. The second kappa shape index (κ2) is 5.48. The second-order valence-electron chi connectivity index (χ2n) is 5.64. The molecule has 1 aromatic rings. The van der Waals surface area contributed by atoms with Crippen molar-refractivity contribution in [2.45, 2.75) is 18.8 Å². The van der Waals surface area contributed by atoms with Crippen molar-refractivity contribution in [1.82, 2.24) is 4.90 Å². The maximum absolute atomic E-state index is 12.3. The van der Waals surface area contributed by atoms with Gasteiger partial charge in [-0.3, -0.25) is 4.79 Å². The first-order valence-corrected chi connectivity index (χ1v) is 9.03. The number of anilines is 2. The lowest BCUT2D eigenvalue weighted by Crippen LogP contribution is -2.32. The van der Waals surface area contributed by atoms with Crippen LogP contribution < -0.4 is 10.6 Å². The molecule has 2 N–H and O–H groups in total. The molecule has 2 heterocycles. The molecule has 110 valence electrons. The standard InChI is InChI=1S/C14H21N3OS2/c1-16(2)13(18)12-11(15)10(9-3-4-9)14(20-12)17-5-7-19-8-6-17/h9H,3-8,15H2,1-2H3. The van der Waals surface area contributed by atoms with E-state index < -0.39 is 0 Å². The number of rotatable bonds is 3. The number of amides is 1. The summed E-state index contributed by atoms with van der Waals surface area (Å²) >= 11 is 3.60. The lowest BCUT2D eigenvalue weighted by Gasteiger charge is -2.28. The van der Waals surface area contributed by atoms with Crippen molar-refractivity contribution in [2.24, 2.45) is 0 Å². The molecule has 1 saturated carbocycles. The van der Waals surface area contributed by atoms with Crippen LogP contribution in [0.2, 0.25) is 0 Å². The normalized spacial score (nSPS) is 19.2. The number of nitrogens with zero attached hydrogens (tertiary/aromatic N) is 2. The summed E-state index contributed by atoms with van der Waals surface area (Å²) in [5, 5.41) is 1.26. The summed E-state index contributed by atoms with van der Waals surface area (Å²) < 4.78 is 0. The fourth-order valence-corrected chi connectivity index (χ4v) is 4.86. The number of nitrogens with two attached hydrogens (primary N) is 1. The average Bonchev–Trinajstić information content (AvgIpc) is 3.22. The van der Waals surface area contributed by atoms with Gasteiger partial charge in [-0.15, -0.1) is 11.3 Å². The van der Waals surface area contributed by atoms with Gasteiger partial charge < -0.3 is 15.5 Å². The smallest absolute Gasteiger partial charge is 0.265 e. The summed E-state index contributed by atoms with van der Waals surface area (Å²) in [6.07, 6.45) is 2.43. The van der Waals surface area contributed by atoms with Crippen molar-refractivity contribution in [3.05, 3.63) is 10.4 Å². The van der Waals surface area contributed by atoms with E-state index in [2.05, 4.69) is 4.90 Å². The van der Waals surface area contributed by atoms with Gasteiger partial charge in [0.05, 0.1) is 10.7 Å². The van der Waals surface area contributed by atoms with E-state index in [1.54, 1.807) is 30.3 Å². The van der Waals surface area contributed by atoms with Crippen molar-refractivity contribution in [3.63, 3.8) is 0 Å². The van der Waals surface area contributed by atoms with E-state index in [0.29, 0.717) is 5.92 Å². The van der Waals surface area contributed by atoms with Crippen molar-refractivity contribution in [1.29, 1.82) is 0 Å². The molecule has 0 radical (unpaired) electrons. The molecular formula is C14H21N3OS2. The Bertz CT molecular complexity index is 517. The maximum atomic E-state index is 12.3. The quantitative estimate of drug-likeness (QED) is 0.931. The van der Waals surface area contributed by atoms with Gasteiger partial charge in [-0.25, -0.2) is 0 Å². The summed E-state index contributed by atoms with van der Waals surface area (Å²) in [4.78, 5) is 17.1. The highest BCUT2D eigenvalue weighted by atomic mass is 32.2. The largest absolute Gasteiger partial charge is 0.397 e. The molecule has 2 aliphatic rings. The van der Waals surface area contributed by atoms with Gasteiger partial charge in [0, 0.05) is 44.3 Å². The van der Waals surface area contributed by atoms with Crippen LogP contribution in [0.4, 0.5) is 10.7 Å². The Morgan fingerprint density at radius 2 is 1.95 bits per heavy atom. The molecule has 1 aliphatic carbocycles. The Balaban J connectivity index is 1.99. The van der Waals surface area contributed by atoms with Gasteiger partial charge >= 0.3 is 0 Å². The molecule has 1 amide bonds. The predicted molar refractivity (Wildman–Crippen MR) is 88.3 cm³/mol. The van der Waals surface area contributed by atoms with Crippen molar-refractivity contribution < 1.29 is 4.79 Å². The highest BCUT2D eigenvalue weighted by molar-refractivity contribution is 7.99. The highest BCUT2D eigenvalue weighted by Gasteiger charge is 2.35. The zero-order valence-electron chi connectivity index (χ0n) is 12.0. The molecule has 6 heteroatoms. The molecule has 4 nitrogen and oxygen atoms in total. The van der Waals surface area contributed by atoms with E-state index in [4.69, 9.17) is 5.73 Å². The Morgan fingerprint density at radius 1 is 1.30 bits per heavy atom. The Morgan fingerprint density at radius 3 is 2.50 bits per heavy atom. The first kappa shape index (κ1) is 14.1. The van der Waals surface area contributed by atoms with Gasteiger partial charge in [0.15, 0.2) is 0 Å². The molecule has 20 heavy (non-hydrogen) atoms. The summed E-state index contributed by atoms with van der Waals surface area (Å²) in [7, 11) is 3.57. The number of thiophene rings is 1. The van der Waals surface area contributed by atoms with Crippen LogP contribution in [-0.4, -0.2) is 49.5 Å². The molecule has 0 aromatic carbocycles. The monoisotopic (exact) mass is 311 g/mol. The van der Waals surface area contributed by atoms with Gasteiger partial charge in [0.1, 0.15) is 4.88 Å². The summed E-state index contributed by atoms with van der Waals surface area (Å²) in [5.74, 6) is 2.95. The fraction of sp³-hybridized carbons (Fsp3) is 0.643. The van der Waals surface area contributed by atoms with E-state index >= 15 is 0 Å². The lowest BCUT2D eigenvalue weighted by molar-refractivity contribution is 0.0833. The molecule has 3 rings (SSSR count). The van der Waals surface area contributed by atoms with E-state index in [-0.39, 0.29) is 5.91 Å². The summed E-state index contributed by atoms with van der Waals surface area (Å²) in [6, 6.07) is 0. The Labute approximate surface area is 128 Å². The third kappa shape index (κ3) is 2.51. The van der Waals surface area contributed by atoms with Gasteiger partial charge in [-0.05, 0) is 18.8 Å². The minimum atomic E-state index is 0.0343. The van der Waals surface area contributed by atoms with Crippen LogP contribution in [0.3, 0.4) is 0 Å². The topological polar surface area (TPSA) is 49.6 Å². The van der Waals surface area contributed by atoms with Crippen molar-refractivity contribution in [2.75, 3.05) is 49.3 Å². The fourth-order valence-electron chi connectivity index (χ4n) is 2.57. The second-order valence-corrected chi connectivity index (χ2v) is 7.86. The molecule has 0 spiro atoms. The van der Waals surface area contributed by atoms with Crippen LogP contribution in [0.15, 0.2) is 0 Å². The van der Waals surface area contributed by atoms with E-state index in [1.165, 1.54) is 34.9 Å². The molecule has 0 unspecified atom stereocenters. The predicted octanol–water partition coefficient (Wildman–Crippen LogP) is 2.46. The van der Waals surface area contributed by atoms with Gasteiger partial charge in [-0.1, -0.05) is 0 Å². The molecule has 0 bridgehead atoms. The minimum Gasteiger partial charge on any atom is -0.397 e. The first-order valence-electron chi connectivity index (χ1n) is 7.06. The third-order valence-corrected chi connectivity index (χ3v) is 6.06. The molecule has 0 atom stereocenters. The lowest BCUT2D eigenvalue weighted by atomic mass is 10.1. The number of hydrogen-bond donors (Lipinski definition) is 1. The van der Waals surface area contributed by atoms with Crippen LogP contribution in [0.1, 0.15) is 34.0 Å². The first-order chi connectivity index (χ1) is 9.59. The molecular weight excluding hydrogens is 290 g/mol. The minimum absolute atomic E-state index is 0.0343. The molecule has 2 fully saturated rings. The van der Waals surface area contributed by atoms with Crippen molar-refractivity contribution >= 4 is 39.7 Å². The van der Waals surface area contributed by atoms with Crippen LogP contribution >= 0.6 is 23.1 Å². The number of carbonyl (C=O) groups excluding carboxylic acids is 1. The Hall–Kier alpha value is -0.880. The zero-order chi connectivity index (χ0) is 14.3. The molecule has 1 aromatic heterocycles. The maximum Gasteiger partial charge on any atom is 0.265 e. The van der Waals surface area contributed by atoms with E-state index in [1.807, 2.05) is 11.8 Å². The van der Waals surface area contributed by atoms with Crippen LogP contribution in [-0.2, 0) is 0 Å². The number of hydrogen-bond acceptors (Lipinski definition) is 5. The summed E-state index contributed by atoms with van der Waals surface area (Å²) in [6.45, 7) is 2.14.